The maximum atomic E-state index is 5.57. The largest absolute Gasteiger partial charge is 0.347 e. The molecule has 15 heavy (non-hydrogen) atoms. The monoisotopic (exact) mass is 270 g/mol. The van der Waals surface area contributed by atoms with Crippen LogP contribution in [0.1, 0.15) is 18.1 Å². The van der Waals surface area contributed by atoms with E-state index in [-0.39, 0.29) is 0 Å². The molecule has 0 aliphatic carbocycles. The standard InChI is InChI=1S/C12H15BrO2/c1-12(14-6-7-15-12)8-10-2-4-11(9-13)5-3-10/h2-5H,6-9H2,1H3. The lowest BCUT2D eigenvalue weighted by atomic mass is 10.1. The van der Waals surface area contributed by atoms with Crippen LogP contribution in [0.5, 0.6) is 0 Å². The van der Waals surface area contributed by atoms with E-state index in [2.05, 4.69) is 40.2 Å². The van der Waals surface area contributed by atoms with Crippen molar-refractivity contribution in [1.82, 2.24) is 0 Å². The third kappa shape index (κ3) is 2.80. The molecule has 0 unspecified atom stereocenters. The van der Waals surface area contributed by atoms with Crippen LogP contribution >= 0.6 is 15.9 Å². The minimum atomic E-state index is -0.421. The Morgan fingerprint density at radius 1 is 1.13 bits per heavy atom. The lowest BCUT2D eigenvalue weighted by Gasteiger charge is -2.22. The number of halogens is 1. The van der Waals surface area contributed by atoms with Crippen LogP contribution in [0.4, 0.5) is 0 Å². The molecule has 0 saturated carbocycles. The van der Waals surface area contributed by atoms with Gasteiger partial charge in [-0.25, -0.2) is 0 Å². The molecule has 1 aromatic carbocycles. The molecule has 2 rings (SSSR count). The van der Waals surface area contributed by atoms with E-state index < -0.39 is 5.79 Å². The van der Waals surface area contributed by atoms with Crippen LogP contribution in [0.2, 0.25) is 0 Å². The maximum Gasteiger partial charge on any atom is 0.169 e. The van der Waals surface area contributed by atoms with Crippen molar-refractivity contribution >= 4 is 15.9 Å². The van der Waals surface area contributed by atoms with Gasteiger partial charge in [0.05, 0.1) is 13.2 Å². The average molecular weight is 271 g/mol. The van der Waals surface area contributed by atoms with E-state index in [0.717, 1.165) is 11.8 Å². The molecule has 0 N–H and O–H groups in total. The summed E-state index contributed by atoms with van der Waals surface area (Å²) in [6.07, 6.45) is 0.815. The van der Waals surface area contributed by atoms with E-state index in [1.54, 1.807) is 0 Å². The Morgan fingerprint density at radius 2 is 1.67 bits per heavy atom. The minimum Gasteiger partial charge on any atom is -0.347 e. The van der Waals surface area contributed by atoms with Crippen molar-refractivity contribution in [1.29, 1.82) is 0 Å². The Hall–Kier alpha value is -0.380. The summed E-state index contributed by atoms with van der Waals surface area (Å²) in [6, 6.07) is 8.52. The first kappa shape index (κ1) is 11.1. The van der Waals surface area contributed by atoms with Crippen molar-refractivity contribution in [2.45, 2.75) is 24.5 Å². The first-order valence-corrected chi connectivity index (χ1v) is 6.26. The van der Waals surface area contributed by atoms with Gasteiger partial charge in [0.15, 0.2) is 5.79 Å². The molecule has 1 fully saturated rings. The Kier molecular flexibility index (Phi) is 3.44. The third-order valence-electron chi connectivity index (χ3n) is 2.60. The molecular weight excluding hydrogens is 256 g/mol. The molecule has 0 bridgehead atoms. The molecule has 2 nitrogen and oxygen atoms in total. The molecule has 82 valence electrons. The normalized spacial score (nSPS) is 19.3. The number of ether oxygens (including phenoxy) is 2. The Bertz CT molecular complexity index is 315. The van der Waals surface area contributed by atoms with Crippen LogP contribution < -0.4 is 0 Å². The summed E-state index contributed by atoms with van der Waals surface area (Å²) in [5, 5.41) is 0.900. The summed E-state index contributed by atoms with van der Waals surface area (Å²) >= 11 is 3.43. The summed E-state index contributed by atoms with van der Waals surface area (Å²) in [4.78, 5) is 0. The molecular formula is C12H15BrO2. The van der Waals surface area contributed by atoms with Crippen molar-refractivity contribution in [3.8, 4) is 0 Å². The quantitative estimate of drug-likeness (QED) is 0.787. The van der Waals surface area contributed by atoms with Gasteiger partial charge in [0, 0.05) is 11.8 Å². The van der Waals surface area contributed by atoms with Gasteiger partial charge in [0.2, 0.25) is 0 Å². The molecule has 0 radical (unpaired) electrons. The number of alkyl halides is 1. The summed E-state index contributed by atoms with van der Waals surface area (Å²) < 4.78 is 11.1. The van der Waals surface area contributed by atoms with Gasteiger partial charge >= 0.3 is 0 Å². The van der Waals surface area contributed by atoms with Crippen LogP contribution in [0.15, 0.2) is 24.3 Å². The lowest BCUT2D eigenvalue weighted by Crippen LogP contribution is -2.28. The predicted molar refractivity (Wildman–Crippen MR) is 63.1 cm³/mol. The van der Waals surface area contributed by atoms with Crippen molar-refractivity contribution in [3.05, 3.63) is 35.4 Å². The average Bonchev–Trinajstić information content (AvgIpc) is 2.66. The van der Waals surface area contributed by atoms with Gasteiger partial charge in [0.25, 0.3) is 0 Å². The first-order chi connectivity index (χ1) is 7.22. The first-order valence-electron chi connectivity index (χ1n) is 5.13. The highest BCUT2D eigenvalue weighted by Gasteiger charge is 2.30. The highest BCUT2D eigenvalue weighted by Crippen LogP contribution is 2.23. The molecule has 1 aliphatic rings. The summed E-state index contributed by atoms with van der Waals surface area (Å²) in [5.74, 6) is -0.421. The number of rotatable bonds is 3. The van der Waals surface area contributed by atoms with Crippen LogP contribution in [-0.2, 0) is 21.2 Å². The van der Waals surface area contributed by atoms with Crippen LogP contribution in [0.25, 0.3) is 0 Å². The molecule has 0 aromatic heterocycles. The zero-order valence-electron chi connectivity index (χ0n) is 8.83. The molecule has 1 saturated heterocycles. The van der Waals surface area contributed by atoms with Crippen molar-refractivity contribution in [2.75, 3.05) is 13.2 Å². The maximum absolute atomic E-state index is 5.57. The fraction of sp³-hybridized carbons (Fsp3) is 0.500. The summed E-state index contributed by atoms with van der Waals surface area (Å²) in [6.45, 7) is 3.41. The molecule has 0 amide bonds. The zero-order valence-corrected chi connectivity index (χ0v) is 10.4. The van der Waals surface area contributed by atoms with E-state index in [0.29, 0.717) is 13.2 Å². The summed E-state index contributed by atoms with van der Waals surface area (Å²) in [5.41, 5.74) is 2.54. The Labute approximate surface area is 98.7 Å². The van der Waals surface area contributed by atoms with Crippen molar-refractivity contribution in [2.24, 2.45) is 0 Å². The Morgan fingerprint density at radius 3 is 2.20 bits per heavy atom. The second kappa shape index (κ2) is 4.64. The molecule has 3 heteroatoms. The van der Waals surface area contributed by atoms with E-state index in [1.807, 2.05) is 6.92 Å². The van der Waals surface area contributed by atoms with Gasteiger partial charge < -0.3 is 9.47 Å². The molecule has 0 atom stereocenters. The van der Waals surface area contributed by atoms with Gasteiger partial charge in [-0.1, -0.05) is 40.2 Å². The van der Waals surface area contributed by atoms with Gasteiger partial charge in [0.1, 0.15) is 0 Å². The predicted octanol–water partition coefficient (Wildman–Crippen LogP) is 2.89. The van der Waals surface area contributed by atoms with E-state index >= 15 is 0 Å². The van der Waals surface area contributed by atoms with E-state index in [4.69, 9.17) is 9.47 Å². The fourth-order valence-electron chi connectivity index (χ4n) is 1.78. The number of benzene rings is 1. The van der Waals surface area contributed by atoms with E-state index in [9.17, 15) is 0 Å². The fourth-order valence-corrected chi connectivity index (χ4v) is 2.15. The van der Waals surface area contributed by atoms with Gasteiger partial charge in [-0.2, -0.15) is 0 Å². The third-order valence-corrected chi connectivity index (χ3v) is 3.25. The van der Waals surface area contributed by atoms with Crippen molar-refractivity contribution < 1.29 is 9.47 Å². The summed E-state index contributed by atoms with van der Waals surface area (Å²) in [7, 11) is 0. The van der Waals surface area contributed by atoms with E-state index in [1.165, 1.54) is 11.1 Å². The zero-order chi connectivity index (χ0) is 10.7. The smallest absolute Gasteiger partial charge is 0.169 e. The molecule has 1 aromatic rings. The highest BCUT2D eigenvalue weighted by molar-refractivity contribution is 9.08. The number of hydrogen-bond donors (Lipinski definition) is 0. The SMILES string of the molecule is CC1(Cc2ccc(CBr)cc2)OCCO1. The molecule has 1 heterocycles. The second-order valence-corrected chi connectivity index (χ2v) is 4.52. The van der Waals surface area contributed by atoms with Crippen LogP contribution in [0, 0.1) is 0 Å². The van der Waals surface area contributed by atoms with Crippen LogP contribution in [0.3, 0.4) is 0 Å². The minimum absolute atomic E-state index is 0.421. The lowest BCUT2D eigenvalue weighted by molar-refractivity contribution is -0.140. The number of hydrogen-bond acceptors (Lipinski definition) is 2. The molecule has 0 spiro atoms. The topological polar surface area (TPSA) is 18.5 Å². The highest BCUT2D eigenvalue weighted by atomic mass is 79.9. The van der Waals surface area contributed by atoms with Gasteiger partial charge in [-0.05, 0) is 18.1 Å². The van der Waals surface area contributed by atoms with Gasteiger partial charge in [-0.15, -0.1) is 0 Å². The second-order valence-electron chi connectivity index (χ2n) is 3.96. The van der Waals surface area contributed by atoms with Crippen LogP contribution in [-0.4, -0.2) is 19.0 Å². The Balaban J connectivity index is 2.04. The van der Waals surface area contributed by atoms with Gasteiger partial charge in [-0.3, -0.25) is 0 Å². The van der Waals surface area contributed by atoms with Crippen molar-refractivity contribution in [3.63, 3.8) is 0 Å². The molecule has 1 aliphatic heterocycles.